The van der Waals surface area contributed by atoms with Crippen molar-refractivity contribution in [1.29, 1.82) is 0 Å². The zero-order valence-electron chi connectivity index (χ0n) is 7.65. The third-order valence-corrected chi connectivity index (χ3v) is 1.68. The second-order valence-corrected chi connectivity index (χ2v) is 2.76. The fraction of sp³-hybridized carbons (Fsp3) is 0.714. The first-order valence-electron chi connectivity index (χ1n) is 3.77. The van der Waals surface area contributed by atoms with Crippen molar-refractivity contribution in [2.75, 3.05) is 26.7 Å². The van der Waals surface area contributed by atoms with Crippen LogP contribution in [0, 0.1) is 0 Å². The smallest absolute Gasteiger partial charge is 0.322 e. The van der Waals surface area contributed by atoms with Crippen molar-refractivity contribution in [3.63, 3.8) is 0 Å². The normalized spacial score (nSPS) is 18.0. The molecule has 1 fully saturated rings. The Balaban J connectivity index is 0.00000144. The molecule has 1 heterocycles. The minimum atomic E-state index is -0.382. The highest BCUT2D eigenvalue weighted by atomic mass is 35.5. The number of hydrogen-bond acceptors (Lipinski definition) is 4. The Labute approximate surface area is 83.0 Å². The Morgan fingerprint density at radius 3 is 2.54 bits per heavy atom. The summed E-state index contributed by atoms with van der Waals surface area (Å²) in [5, 5.41) is 1.38. The van der Waals surface area contributed by atoms with E-state index in [1.54, 1.807) is 11.9 Å². The molecule has 1 aliphatic rings. The summed E-state index contributed by atoms with van der Waals surface area (Å²) in [7, 11) is 1.73. The van der Waals surface area contributed by atoms with Gasteiger partial charge in [-0.1, -0.05) is 0 Å². The lowest BCUT2D eigenvalue weighted by Gasteiger charge is -2.29. The molecule has 1 amide bonds. The Morgan fingerprint density at radius 2 is 2.08 bits per heavy atom. The first-order valence-corrected chi connectivity index (χ1v) is 3.77. The van der Waals surface area contributed by atoms with Gasteiger partial charge in [0.05, 0.1) is 6.54 Å². The Bertz CT molecular complexity index is 210. The number of hydroxylamine groups is 2. The standard InChI is InChI=1S/C7H12N2O3.ClH/c1-6(10)12-9-4-3-8(2)7(11)5-9;/h3-5H2,1-2H3;1H. The van der Waals surface area contributed by atoms with E-state index < -0.39 is 0 Å². The number of carbonyl (C=O) groups excluding carboxylic acids is 2. The van der Waals surface area contributed by atoms with Gasteiger partial charge in [-0.05, 0) is 0 Å². The molecule has 13 heavy (non-hydrogen) atoms. The second kappa shape index (κ2) is 5.04. The summed E-state index contributed by atoms with van der Waals surface area (Å²) in [5.41, 5.74) is 0. The maximum absolute atomic E-state index is 11.1. The number of likely N-dealkylation sites (N-methyl/N-ethyl adjacent to an activating group) is 1. The highest BCUT2D eigenvalue weighted by molar-refractivity contribution is 5.85. The van der Waals surface area contributed by atoms with Gasteiger partial charge in [0, 0.05) is 20.5 Å². The predicted molar refractivity (Wildman–Crippen MR) is 48.2 cm³/mol. The molecule has 1 aliphatic heterocycles. The van der Waals surface area contributed by atoms with Crippen molar-refractivity contribution < 1.29 is 14.4 Å². The largest absolute Gasteiger partial charge is 0.368 e. The van der Waals surface area contributed by atoms with Crippen LogP contribution in [0.4, 0.5) is 0 Å². The van der Waals surface area contributed by atoms with Gasteiger partial charge in [-0.25, -0.2) is 0 Å². The zero-order chi connectivity index (χ0) is 9.14. The highest BCUT2D eigenvalue weighted by Gasteiger charge is 2.22. The van der Waals surface area contributed by atoms with Gasteiger partial charge in [0.25, 0.3) is 0 Å². The molecular weight excluding hydrogens is 196 g/mol. The quantitative estimate of drug-likeness (QED) is 0.592. The average Bonchev–Trinajstić information content (AvgIpc) is 1.96. The first kappa shape index (κ1) is 12.2. The Kier molecular flexibility index (Phi) is 4.72. The van der Waals surface area contributed by atoms with Crippen molar-refractivity contribution in [2.45, 2.75) is 6.92 Å². The molecule has 0 atom stereocenters. The fourth-order valence-electron chi connectivity index (χ4n) is 0.997. The van der Waals surface area contributed by atoms with Gasteiger partial charge in [0.2, 0.25) is 5.91 Å². The maximum Gasteiger partial charge on any atom is 0.322 e. The van der Waals surface area contributed by atoms with Gasteiger partial charge in [-0.15, -0.1) is 17.5 Å². The van der Waals surface area contributed by atoms with Gasteiger partial charge < -0.3 is 9.74 Å². The number of rotatable bonds is 1. The summed E-state index contributed by atoms with van der Waals surface area (Å²) in [6, 6.07) is 0. The van der Waals surface area contributed by atoms with Crippen LogP contribution >= 0.6 is 12.4 Å². The molecule has 0 bridgehead atoms. The van der Waals surface area contributed by atoms with E-state index in [1.807, 2.05) is 0 Å². The van der Waals surface area contributed by atoms with E-state index in [4.69, 9.17) is 4.84 Å². The number of carbonyl (C=O) groups is 2. The average molecular weight is 209 g/mol. The van der Waals surface area contributed by atoms with Crippen molar-refractivity contribution in [1.82, 2.24) is 9.96 Å². The number of piperazine rings is 1. The third-order valence-electron chi connectivity index (χ3n) is 1.68. The summed E-state index contributed by atoms with van der Waals surface area (Å²) >= 11 is 0. The molecule has 0 N–H and O–H groups in total. The van der Waals surface area contributed by atoms with E-state index in [1.165, 1.54) is 12.0 Å². The lowest BCUT2D eigenvalue weighted by Crippen LogP contribution is -2.48. The van der Waals surface area contributed by atoms with E-state index in [-0.39, 0.29) is 30.8 Å². The summed E-state index contributed by atoms with van der Waals surface area (Å²) in [6.07, 6.45) is 0. The molecule has 0 spiro atoms. The fourth-order valence-corrected chi connectivity index (χ4v) is 0.997. The minimum absolute atomic E-state index is 0. The van der Waals surface area contributed by atoms with Crippen molar-refractivity contribution in [2.24, 2.45) is 0 Å². The summed E-state index contributed by atoms with van der Waals surface area (Å²) in [6.45, 7) is 2.67. The summed E-state index contributed by atoms with van der Waals surface area (Å²) in [4.78, 5) is 28.0. The lowest BCUT2D eigenvalue weighted by molar-refractivity contribution is -0.196. The highest BCUT2D eigenvalue weighted by Crippen LogP contribution is 2.01. The van der Waals surface area contributed by atoms with E-state index in [9.17, 15) is 9.59 Å². The molecule has 0 unspecified atom stereocenters. The number of halogens is 1. The molecule has 5 nitrogen and oxygen atoms in total. The topological polar surface area (TPSA) is 49.9 Å². The molecule has 6 heteroatoms. The predicted octanol–water partition coefficient (Wildman–Crippen LogP) is -0.340. The second-order valence-electron chi connectivity index (χ2n) is 2.76. The molecule has 0 aromatic carbocycles. The zero-order valence-corrected chi connectivity index (χ0v) is 8.47. The molecular formula is C7H13ClN2O3. The molecule has 0 aromatic rings. The minimum Gasteiger partial charge on any atom is -0.368 e. The van der Waals surface area contributed by atoms with Crippen molar-refractivity contribution in [3.8, 4) is 0 Å². The molecule has 0 saturated carbocycles. The number of amides is 1. The molecule has 1 rings (SSSR count). The molecule has 1 saturated heterocycles. The van der Waals surface area contributed by atoms with Crippen molar-refractivity contribution in [3.05, 3.63) is 0 Å². The van der Waals surface area contributed by atoms with Crippen LogP contribution in [0.5, 0.6) is 0 Å². The monoisotopic (exact) mass is 208 g/mol. The van der Waals surface area contributed by atoms with Crippen LogP contribution in [0.25, 0.3) is 0 Å². The van der Waals surface area contributed by atoms with Crippen LogP contribution in [0.1, 0.15) is 6.92 Å². The third kappa shape index (κ3) is 3.61. The van der Waals surface area contributed by atoms with Crippen LogP contribution in [0.2, 0.25) is 0 Å². The lowest BCUT2D eigenvalue weighted by atomic mass is 10.4. The van der Waals surface area contributed by atoms with Crippen LogP contribution in [-0.2, 0) is 14.4 Å². The van der Waals surface area contributed by atoms with Crippen molar-refractivity contribution >= 4 is 24.3 Å². The van der Waals surface area contributed by atoms with Crippen LogP contribution < -0.4 is 0 Å². The van der Waals surface area contributed by atoms with Gasteiger partial charge in [-0.2, -0.15) is 0 Å². The van der Waals surface area contributed by atoms with Gasteiger partial charge in [0.1, 0.15) is 6.54 Å². The van der Waals surface area contributed by atoms with E-state index in [0.29, 0.717) is 13.1 Å². The SMILES string of the molecule is CC(=O)ON1CCN(C)C(=O)C1.Cl. The molecule has 0 radical (unpaired) electrons. The first-order chi connectivity index (χ1) is 5.59. The summed E-state index contributed by atoms with van der Waals surface area (Å²) in [5.74, 6) is -0.408. The van der Waals surface area contributed by atoms with Crippen LogP contribution in [-0.4, -0.2) is 48.5 Å². The molecule has 0 aliphatic carbocycles. The molecule has 0 aromatic heterocycles. The maximum atomic E-state index is 11.1. The van der Waals surface area contributed by atoms with E-state index >= 15 is 0 Å². The number of hydrogen-bond donors (Lipinski definition) is 0. The van der Waals surface area contributed by atoms with Gasteiger partial charge >= 0.3 is 5.97 Å². The van der Waals surface area contributed by atoms with E-state index in [0.717, 1.165) is 0 Å². The Hall–Kier alpha value is -0.810. The van der Waals surface area contributed by atoms with Gasteiger partial charge in [0.15, 0.2) is 0 Å². The summed E-state index contributed by atoms with van der Waals surface area (Å²) < 4.78 is 0. The number of nitrogens with zero attached hydrogens (tertiary/aromatic N) is 2. The van der Waals surface area contributed by atoms with Gasteiger partial charge in [-0.3, -0.25) is 9.59 Å². The molecule has 76 valence electrons. The van der Waals surface area contributed by atoms with E-state index in [2.05, 4.69) is 0 Å². The van der Waals surface area contributed by atoms with Crippen LogP contribution in [0.3, 0.4) is 0 Å². The van der Waals surface area contributed by atoms with Crippen LogP contribution in [0.15, 0.2) is 0 Å². The Morgan fingerprint density at radius 1 is 1.46 bits per heavy atom.